The third kappa shape index (κ3) is 4.29. The fraction of sp³-hybridized carbons (Fsp3) is 0.409. The van der Waals surface area contributed by atoms with Gasteiger partial charge >= 0.3 is 0 Å². The number of rotatable bonds is 3. The van der Waals surface area contributed by atoms with Crippen LogP contribution in [0.1, 0.15) is 26.6 Å². The van der Waals surface area contributed by atoms with Crippen molar-refractivity contribution in [3.8, 4) is 0 Å². The molecule has 27 heavy (non-hydrogen) atoms. The molecule has 0 spiro atoms. The van der Waals surface area contributed by atoms with Crippen LogP contribution in [-0.4, -0.2) is 36.1 Å². The lowest BCUT2D eigenvalue weighted by molar-refractivity contribution is 0.402. The maximum atomic E-state index is 4.76. The Bertz CT molecular complexity index is 916. The molecule has 2 aromatic carbocycles. The van der Waals surface area contributed by atoms with E-state index in [2.05, 4.69) is 93.9 Å². The largest absolute Gasteiger partial charge is 0.368 e. The van der Waals surface area contributed by atoms with Crippen molar-refractivity contribution in [2.75, 3.05) is 36.0 Å². The highest BCUT2D eigenvalue weighted by Gasteiger charge is 2.19. The van der Waals surface area contributed by atoms with Gasteiger partial charge in [0.05, 0.1) is 11.0 Å². The summed E-state index contributed by atoms with van der Waals surface area (Å²) in [4.78, 5) is 13.2. The fourth-order valence-electron chi connectivity index (χ4n) is 3.71. The van der Waals surface area contributed by atoms with Gasteiger partial charge in [-0.05, 0) is 47.9 Å². The van der Waals surface area contributed by atoms with E-state index < -0.39 is 0 Å². The van der Waals surface area contributed by atoms with E-state index in [0.29, 0.717) is 0 Å². The molecule has 0 atom stereocenters. The Labute approximate surface area is 169 Å². The number of aromatic nitrogens is 2. The van der Waals surface area contributed by atoms with E-state index in [9.17, 15) is 0 Å². The van der Waals surface area contributed by atoms with Gasteiger partial charge in [-0.3, -0.25) is 0 Å². The minimum absolute atomic E-state index is 0.236. The molecule has 1 aromatic heterocycles. The molecule has 0 saturated carbocycles. The fourth-order valence-corrected chi connectivity index (χ4v) is 3.97. The predicted octanol–water partition coefficient (Wildman–Crippen LogP) is 5.24. The maximum Gasteiger partial charge on any atom is 0.107 e. The first-order valence-corrected chi connectivity index (χ1v) is 10.4. The predicted molar refractivity (Wildman–Crippen MR) is 118 cm³/mol. The van der Waals surface area contributed by atoms with Crippen molar-refractivity contribution in [1.29, 1.82) is 0 Å². The SMILES string of the molecule is CC(C)(C)Cc1nc2ccc(N3CCN(c4ccc(Br)cc4)CC3)cc2[nH]1. The lowest BCUT2D eigenvalue weighted by Gasteiger charge is -2.37. The number of halogens is 1. The van der Waals surface area contributed by atoms with E-state index in [-0.39, 0.29) is 5.41 Å². The Morgan fingerprint density at radius 2 is 1.52 bits per heavy atom. The van der Waals surface area contributed by atoms with Gasteiger partial charge in [0.15, 0.2) is 0 Å². The van der Waals surface area contributed by atoms with Crippen LogP contribution in [0, 0.1) is 5.41 Å². The second-order valence-corrected chi connectivity index (χ2v) is 9.49. The van der Waals surface area contributed by atoms with Gasteiger partial charge in [0.25, 0.3) is 0 Å². The Morgan fingerprint density at radius 1 is 0.926 bits per heavy atom. The van der Waals surface area contributed by atoms with Gasteiger partial charge in [0.2, 0.25) is 0 Å². The van der Waals surface area contributed by atoms with Crippen LogP contribution in [0.25, 0.3) is 11.0 Å². The molecule has 5 heteroatoms. The number of imidazole rings is 1. The van der Waals surface area contributed by atoms with Gasteiger partial charge in [-0.1, -0.05) is 36.7 Å². The summed E-state index contributed by atoms with van der Waals surface area (Å²) < 4.78 is 1.13. The topological polar surface area (TPSA) is 35.2 Å². The summed E-state index contributed by atoms with van der Waals surface area (Å²) in [7, 11) is 0. The number of benzene rings is 2. The van der Waals surface area contributed by atoms with E-state index in [0.717, 1.165) is 53.9 Å². The van der Waals surface area contributed by atoms with Crippen molar-refractivity contribution in [3.63, 3.8) is 0 Å². The molecule has 0 amide bonds. The Hall–Kier alpha value is -2.01. The second kappa shape index (κ2) is 7.19. The van der Waals surface area contributed by atoms with Gasteiger partial charge in [0.1, 0.15) is 5.82 Å². The smallest absolute Gasteiger partial charge is 0.107 e. The summed E-state index contributed by atoms with van der Waals surface area (Å²) in [5, 5.41) is 0. The average molecular weight is 427 g/mol. The highest BCUT2D eigenvalue weighted by molar-refractivity contribution is 9.10. The first-order chi connectivity index (χ1) is 12.9. The number of aromatic amines is 1. The maximum absolute atomic E-state index is 4.76. The van der Waals surface area contributed by atoms with Crippen LogP contribution in [0.5, 0.6) is 0 Å². The van der Waals surface area contributed by atoms with Crippen LogP contribution < -0.4 is 9.80 Å². The highest BCUT2D eigenvalue weighted by Crippen LogP contribution is 2.26. The molecule has 1 fully saturated rings. The van der Waals surface area contributed by atoms with Gasteiger partial charge < -0.3 is 14.8 Å². The number of H-pyrrole nitrogens is 1. The number of hydrogen-bond donors (Lipinski definition) is 1. The normalized spacial score (nSPS) is 15.6. The Balaban J connectivity index is 1.46. The zero-order valence-electron chi connectivity index (χ0n) is 16.3. The van der Waals surface area contributed by atoms with Crippen molar-refractivity contribution in [1.82, 2.24) is 9.97 Å². The lowest BCUT2D eigenvalue weighted by Crippen LogP contribution is -2.46. The van der Waals surface area contributed by atoms with Crippen LogP contribution in [0.15, 0.2) is 46.9 Å². The molecule has 2 heterocycles. The van der Waals surface area contributed by atoms with E-state index in [1.165, 1.54) is 11.4 Å². The molecule has 1 saturated heterocycles. The van der Waals surface area contributed by atoms with Crippen LogP contribution in [-0.2, 0) is 6.42 Å². The van der Waals surface area contributed by atoms with Crippen molar-refractivity contribution < 1.29 is 0 Å². The van der Waals surface area contributed by atoms with Gasteiger partial charge in [0, 0.05) is 48.4 Å². The van der Waals surface area contributed by atoms with Crippen molar-refractivity contribution in [2.45, 2.75) is 27.2 Å². The molecular weight excluding hydrogens is 400 g/mol. The standard InChI is InChI=1S/C22H27BrN4/c1-22(2,3)15-21-24-19-9-8-18(14-20(19)25-21)27-12-10-26(11-13-27)17-6-4-16(23)5-7-17/h4-9,14H,10-13,15H2,1-3H3,(H,24,25). The van der Waals surface area contributed by atoms with Crippen LogP contribution in [0.2, 0.25) is 0 Å². The number of anilines is 2. The lowest BCUT2D eigenvalue weighted by atomic mass is 9.92. The number of fused-ring (bicyclic) bond motifs is 1. The summed E-state index contributed by atoms with van der Waals surface area (Å²) in [5.41, 5.74) is 5.02. The molecular formula is C22H27BrN4. The molecule has 142 valence electrons. The number of nitrogens with one attached hydrogen (secondary N) is 1. The van der Waals surface area contributed by atoms with Crippen LogP contribution >= 0.6 is 15.9 Å². The zero-order chi connectivity index (χ0) is 19.0. The van der Waals surface area contributed by atoms with Crippen molar-refractivity contribution >= 4 is 38.3 Å². The third-order valence-electron chi connectivity index (χ3n) is 5.05. The van der Waals surface area contributed by atoms with Gasteiger partial charge in [-0.25, -0.2) is 4.98 Å². The molecule has 0 radical (unpaired) electrons. The molecule has 0 bridgehead atoms. The summed E-state index contributed by atoms with van der Waals surface area (Å²) >= 11 is 3.51. The minimum atomic E-state index is 0.236. The molecule has 3 aromatic rings. The summed E-state index contributed by atoms with van der Waals surface area (Å²) in [5.74, 6) is 1.08. The minimum Gasteiger partial charge on any atom is -0.368 e. The second-order valence-electron chi connectivity index (χ2n) is 8.57. The van der Waals surface area contributed by atoms with Gasteiger partial charge in [-0.2, -0.15) is 0 Å². The summed E-state index contributed by atoms with van der Waals surface area (Å²) in [6.07, 6.45) is 0.961. The summed E-state index contributed by atoms with van der Waals surface area (Å²) in [6.45, 7) is 10.9. The molecule has 0 aliphatic carbocycles. The molecule has 1 aliphatic heterocycles. The van der Waals surface area contributed by atoms with E-state index in [4.69, 9.17) is 4.98 Å². The Kier molecular flexibility index (Phi) is 4.89. The van der Waals surface area contributed by atoms with Crippen molar-refractivity contribution in [2.24, 2.45) is 5.41 Å². The van der Waals surface area contributed by atoms with Crippen LogP contribution in [0.4, 0.5) is 11.4 Å². The highest BCUT2D eigenvalue weighted by atomic mass is 79.9. The summed E-state index contributed by atoms with van der Waals surface area (Å²) in [6, 6.07) is 15.2. The average Bonchev–Trinajstić information content (AvgIpc) is 3.02. The molecule has 1 aliphatic rings. The van der Waals surface area contributed by atoms with Crippen LogP contribution in [0.3, 0.4) is 0 Å². The first kappa shape index (κ1) is 18.4. The molecule has 0 unspecified atom stereocenters. The van der Waals surface area contributed by atoms with Crippen molar-refractivity contribution in [3.05, 3.63) is 52.8 Å². The van der Waals surface area contributed by atoms with E-state index >= 15 is 0 Å². The quantitative estimate of drug-likeness (QED) is 0.621. The van der Waals surface area contributed by atoms with E-state index in [1.54, 1.807) is 0 Å². The molecule has 4 nitrogen and oxygen atoms in total. The van der Waals surface area contributed by atoms with Gasteiger partial charge in [-0.15, -0.1) is 0 Å². The Morgan fingerprint density at radius 3 is 2.15 bits per heavy atom. The number of nitrogens with zero attached hydrogens (tertiary/aromatic N) is 3. The molecule has 4 rings (SSSR count). The number of piperazine rings is 1. The zero-order valence-corrected chi connectivity index (χ0v) is 17.9. The van der Waals surface area contributed by atoms with E-state index in [1.807, 2.05) is 0 Å². The molecule has 1 N–H and O–H groups in total. The first-order valence-electron chi connectivity index (χ1n) is 9.61. The number of hydrogen-bond acceptors (Lipinski definition) is 3. The monoisotopic (exact) mass is 426 g/mol. The third-order valence-corrected chi connectivity index (χ3v) is 5.58.